The summed E-state index contributed by atoms with van der Waals surface area (Å²) in [6, 6.07) is 15.8. The Balaban J connectivity index is 1.67. The first kappa shape index (κ1) is 16.7. The highest BCUT2D eigenvalue weighted by Crippen LogP contribution is 2.18. The Bertz CT molecular complexity index is 1160. The number of pyridine rings is 1. The zero-order valence-electron chi connectivity index (χ0n) is 14.1. The van der Waals surface area contributed by atoms with Crippen LogP contribution in [-0.2, 0) is 6.54 Å². The molecule has 0 saturated carbocycles. The minimum atomic E-state index is -0.545. The van der Waals surface area contributed by atoms with Gasteiger partial charge < -0.3 is 9.73 Å². The van der Waals surface area contributed by atoms with Gasteiger partial charge in [-0.25, -0.2) is 14.2 Å². The van der Waals surface area contributed by atoms with E-state index in [0.717, 1.165) is 5.56 Å². The van der Waals surface area contributed by atoms with E-state index in [0.29, 0.717) is 22.5 Å². The second kappa shape index (κ2) is 6.87. The van der Waals surface area contributed by atoms with Crippen molar-refractivity contribution in [1.82, 2.24) is 9.55 Å². The Morgan fingerprint density at radius 1 is 1.11 bits per heavy atom. The van der Waals surface area contributed by atoms with Crippen LogP contribution in [0.3, 0.4) is 0 Å². The number of benzene rings is 2. The summed E-state index contributed by atoms with van der Waals surface area (Å²) in [4.78, 5) is 28.7. The summed E-state index contributed by atoms with van der Waals surface area (Å²) in [5, 5.41) is 2.70. The van der Waals surface area contributed by atoms with Gasteiger partial charge in [-0.2, -0.15) is 0 Å². The minimum absolute atomic E-state index is 0.206. The van der Waals surface area contributed by atoms with E-state index < -0.39 is 5.76 Å². The third-order valence-electron chi connectivity index (χ3n) is 4.09. The van der Waals surface area contributed by atoms with Crippen molar-refractivity contribution < 1.29 is 13.6 Å². The Kier molecular flexibility index (Phi) is 4.25. The van der Waals surface area contributed by atoms with Crippen molar-refractivity contribution in [1.29, 1.82) is 0 Å². The molecule has 7 heteroatoms. The van der Waals surface area contributed by atoms with Crippen molar-refractivity contribution in [3.63, 3.8) is 0 Å². The second-order valence-corrected chi connectivity index (χ2v) is 5.93. The van der Waals surface area contributed by atoms with Gasteiger partial charge in [-0.1, -0.05) is 18.2 Å². The highest BCUT2D eigenvalue weighted by molar-refractivity contribution is 6.05. The molecular formula is C20H14FN3O3. The maximum absolute atomic E-state index is 13.1. The van der Waals surface area contributed by atoms with Crippen LogP contribution in [0.5, 0.6) is 0 Å². The molecule has 2 aromatic heterocycles. The number of aromatic nitrogens is 2. The number of carbonyl (C=O) groups is 1. The molecule has 1 amide bonds. The summed E-state index contributed by atoms with van der Waals surface area (Å²) in [7, 11) is 0. The first-order valence-electron chi connectivity index (χ1n) is 8.20. The van der Waals surface area contributed by atoms with Gasteiger partial charge in [0.25, 0.3) is 5.91 Å². The normalized spacial score (nSPS) is 10.9. The van der Waals surface area contributed by atoms with E-state index in [1.54, 1.807) is 54.7 Å². The molecule has 27 heavy (non-hydrogen) atoms. The molecule has 2 aromatic carbocycles. The standard InChI is InChI=1S/C20H14FN3O3/c21-15-7-4-13(5-8-15)12-24-16-11-14(6-9-17(16)27-20(24)26)19(25)23-18-3-1-2-10-22-18/h1-11H,12H2,(H,22,23,25). The Hall–Kier alpha value is -3.74. The van der Waals surface area contributed by atoms with Gasteiger partial charge in [-0.05, 0) is 48.0 Å². The smallest absolute Gasteiger partial charge is 0.408 e. The topological polar surface area (TPSA) is 77.1 Å². The van der Waals surface area contributed by atoms with Crippen molar-refractivity contribution in [2.45, 2.75) is 6.54 Å². The van der Waals surface area contributed by atoms with Crippen molar-refractivity contribution in [2.24, 2.45) is 0 Å². The molecule has 0 aliphatic rings. The van der Waals surface area contributed by atoms with E-state index in [2.05, 4.69) is 10.3 Å². The van der Waals surface area contributed by atoms with Crippen LogP contribution >= 0.6 is 0 Å². The molecule has 1 N–H and O–H groups in total. The first-order valence-corrected chi connectivity index (χ1v) is 8.20. The monoisotopic (exact) mass is 363 g/mol. The molecule has 0 saturated heterocycles. The summed E-state index contributed by atoms with van der Waals surface area (Å²) in [6.07, 6.45) is 1.58. The van der Waals surface area contributed by atoms with Gasteiger partial charge in [0.2, 0.25) is 0 Å². The highest BCUT2D eigenvalue weighted by atomic mass is 19.1. The van der Waals surface area contributed by atoms with E-state index >= 15 is 0 Å². The molecule has 0 unspecified atom stereocenters. The van der Waals surface area contributed by atoms with Crippen LogP contribution in [0.15, 0.2) is 76.1 Å². The van der Waals surface area contributed by atoms with Gasteiger partial charge in [-0.3, -0.25) is 9.36 Å². The fourth-order valence-electron chi connectivity index (χ4n) is 2.75. The quantitative estimate of drug-likeness (QED) is 0.603. The molecule has 0 radical (unpaired) electrons. The summed E-state index contributed by atoms with van der Waals surface area (Å²) in [6.45, 7) is 0.206. The number of amides is 1. The molecule has 6 nitrogen and oxygen atoms in total. The molecule has 2 heterocycles. The molecule has 0 bridgehead atoms. The molecule has 4 aromatic rings. The summed E-state index contributed by atoms with van der Waals surface area (Å²) >= 11 is 0. The molecule has 134 valence electrons. The Morgan fingerprint density at radius 3 is 2.67 bits per heavy atom. The minimum Gasteiger partial charge on any atom is -0.408 e. The number of fused-ring (bicyclic) bond motifs is 1. The number of halogens is 1. The van der Waals surface area contributed by atoms with Gasteiger partial charge in [0.1, 0.15) is 11.6 Å². The average molecular weight is 363 g/mol. The first-order chi connectivity index (χ1) is 13.1. The number of hydrogen-bond acceptors (Lipinski definition) is 4. The zero-order valence-corrected chi connectivity index (χ0v) is 14.1. The van der Waals surface area contributed by atoms with Crippen molar-refractivity contribution in [3.05, 3.63) is 94.4 Å². The van der Waals surface area contributed by atoms with Crippen LogP contribution in [-0.4, -0.2) is 15.5 Å². The van der Waals surface area contributed by atoms with Crippen LogP contribution in [0, 0.1) is 5.82 Å². The van der Waals surface area contributed by atoms with Crippen LogP contribution in [0.4, 0.5) is 10.2 Å². The van der Waals surface area contributed by atoms with Gasteiger partial charge in [0.15, 0.2) is 5.58 Å². The second-order valence-electron chi connectivity index (χ2n) is 5.93. The predicted octanol–water partition coefficient (Wildman–Crippen LogP) is 3.43. The Morgan fingerprint density at radius 2 is 1.93 bits per heavy atom. The number of nitrogens with one attached hydrogen (secondary N) is 1. The van der Waals surface area contributed by atoms with Crippen LogP contribution in [0.1, 0.15) is 15.9 Å². The predicted molar refractivity (Wildman–Crippen MR) is 98.2 cm³/mol. The van der Waals surface area contributed by atoms with Crippen molar-refractivity contribution in [3.8, 4) is 0 Å². The van der Waals surface area contributed by atoms with Crippen molar-refractivity contribution >= 4 is 22.8 Å². The molecule has 0 spiro atoms. The maximum Gasteiger partial charge on any atom is 0.420 e. The fraction of sp³-hybridized carbons (Fsp3) is 0.0500. The van der Waals surface area contributed by atoms with Gasteiger partial charge in [-0.15, -0.1) is 0 Å². The lowest BCUT2D eigenvalue weighted by Gasteiger charge is -2.06. The zero-order chi connectivity index (χ0) is 18.8. The molecule has 0 aliphatic heterocycles. The lowest BCUT2D eigenvalue weighted by molar-refractivity contribution is 0.102. The number of nitrogens with zero attached hydrogens (tertiary/aromatic N) is 2. The molecular weight excluding hydrogens is 349 g/mol. The highest BCUT2D eigenvalue weighted by Gasteiger charge is 2.14. The van der Waals surface area contributed by atoms with E-state index in [1.807, 2.05) is 0 Å². The number of rotatable bonds is 4. The SMILES string of the molecule is O=C(Nc1ccccn1)c1ccc2oc(=O)n(Cc3ccc(F)cc3)c2c1. The van der Waals surface area contributed by atoms with E-state index in [4.69, 9.17) is 4.42 Å². The third kappa shape index (κ3) is 3.48. The summed E-state index contributed by atoms with van der Waals surface area (Å²) < 4.78 is 19.7. The largest absolute Gasteiger partial charge is 0.420 e. The molecule has 4 rings (SSSR count). The average Bonchev–Trinajstić information content (AvgIpc) is 2.99. The number of hydrogen-bond donors (Lipinski definition) is 1. The van der Waals surface area contributed by atoms with Gasteiger partial charge in [0.05, 0.1) is 12.1 Å². The molecule has 0 aliphatic carbocycles. The third-order valence-corrected chi connectivity index (χ3v) is 4.09. The van der Waals surface area contributed by atoms with E-state index in [-0.39, 0.29) is 18.3 Å². The molecule has 0 atom stereocenters. The number of oxazole rings is 1. The Labute approximate surface area is 152 Å². The maximum atomic E-state index is 13.1. The number of anilines is 1. The van der Waals surface area contributed by atoms with E-state index in [9.17, 15) is 14.0 Å². The van der Waals surface area contributed by atoms with Gasteiger partial charge >= 0.3 is 5.76 Å². The fourth-order valence-corrected chi connectivity index (χ4v) is 2.75. The number of carbonyl (C=O) groups excluding carboxylic acids is 1. The summed E-state index contributed by atoms with van der Waals surface area (Å²) in [5.74, 6) is -0.815. The van der Waals surface area contributed by atoms with Crippen LogP contribution in [0.25, 0.3) is 11.1 Å². The molecule has 0 fully saturated rings. The van der Waals surface area contributed by atoms with Gasteiger partial charge in [0, 0.05) is 11.8 Å². The lowest BCUT2D eigenvalue weighted by Crippen LogP contribution is -2.16. The van der Waals surface area contributed by atoms with Crippen LogP contribution in [0.2, 0.25) is 0 Å². The van der Waals surface area contributed by atoms with E-state index in [1.165, 1.54) is 16.7 Å². The van der Waals surface area contributed by atoms with Crippen LogP contribution < -0.4 is 11.1 Å². The van der Waals surface area contributed by atoms with Crippen molar-refractivity contribution in [2.75, 3.05) is 5.32 Å². The lowest BCUT2D eigenvalue weighted by atomic mass is 10.1. The summed E-state index contributed by atoms with van der Waals surface area (Å²) in [5.41, 5.74) is 1.96.